The molecule has 6 nitrogen and oxygen atoms in total. The van der Waals surface area contributed by atoms with Crippen molar-refractivity contribution in [3.8, 4) is 11.4 Å². The summed E-state index contributed by atoms with van der Waals surface area (Å²) in [5, 5.41) is 6.33. The molecule has 0 bridgehead atoms. The molecule has 2 aromatic carbocycles. The number of amides is 1. The van der Waals surface area contributed by atoms with E-state index in [-0.39, 0.29) is 5.91 Å². The van der Waals surface area contributed by atoms with Crippen molar-refractivity contribution in [2.24, 2.45) is 0 Å². The molecule has 1 unspecified atom stereocenters. The first kappa shape index (κ1) is 22.0. The van der Waals surface area contributed by atoms with Crippen LogP contribution >= 0.6 is 0 Å². The third-order valence-corrected chi connectivity index (χ3v) is 5.96. The molecule has 3 aromatic rings. The topological polar surface area (TPSA) is 70.2 Å². The number of rotatable bonds is 8. The molecule has 0 spiro atoms. The number of nitrogens with zero attached hydrogens (tertiary/aromatic N) is 3. The lowest BCUT2D eigenvalue weighted by atomic mass is 10.0. The monoisotopic (exact) mass is 429 g/mol. The predicted octanol–water partition coefficient (Wildman–Crippen LogP) is 4.88. The van der Waals surface area contributed by atoms with Crippen LogP contribution in [-0.2, 0) is 0 Å². The van der Waals surface area contributed by atoms with Gasteiger partial charge in [0.1, 0.15) is 5.82 Å². The van der Waals surface area contributed by atoms with Gasteiger partial charge in [-0.25, -0.2) is 9.97 Å². The molecule has 0 radical (unpaired) electrons. The molecule has 32 heavy (non-hydrogen) atoms. The number of anilines is 2. The van der Waals surface area contributed by atoms with Crippen LogP contribution < -0.4 is 10.6 Å². The third-order valence-electron chi connectivity index (χ3n) is 5.96. The Bertz CT molecular complexity index is 1010. The van der Waals surface area contributed by atoms with E-state index in [9.17, 15) is 4.79 Å². The zero-order valence-electron chi connectivity index (χ0n) is 18.6. The Morgan fingerprint density at radius 2 is 1.88 bits per heavy atom. The minimum atomic E-state index is -0.0309. The fraction of sp³-hybridized carbons (Fsp3) is 0.346. The molecule has 4 rings (SSSR count). The summed E-state index contributed by atoms with van der Waals surface area (Å²) in [6, 6.07) is 19.8. The Morgan fingerprint density at radius 3 is 2.66 bits per heavy atom. The molecule has 1 aromatic heterocycles. The maximum absolute atomic E-state index is 12.5. The van der Waals surface area contributed by atoms with E-state index in [1.165, 1.54) is 25.8 Å². The normalized spacial score (nSPS) is 16.5. The minimum absolute atomic E-state index is 0.0309. The van der Waals surface area contributed by atoms with E-state index < -0.39 is 0 Å². The Labute approximate surface area is 190 Å². The van der Waals surface area contributed by atoms with Gasteiger partial charge >= 0.3 is 0 Å². The Kier molecular flexibility index (Phi) is 7.46. The number of hydrogen-bond acceptors (Lipinski definition) is 5. The number of nitrogens with one attached hydrogen (secondary N) is 2. The van der Waals surface area contributed by atoms with E-state index in [0.717, 1.165) is 24.2 Å². The van der Waals surface area contributed by atoms with Crippen LogP contribution in [0.2, 0.25) is 0 Å². The van der Waals surface area contributed by atoms with E-state index in [4.69, 9.17) is 0 Å². The number of hydrogen-bond donors (Lipinski definition) is 2. The van der Waals surface area contributed by atoms with E-state index in [2.05, 4.69) is 32.4 Å². The quantitative estimate of drug-likeness (QED) is 0.500. The smallest absolute Gasteiger partial charge is 0.251 e. The van der Waals surface area contributed by atoms with Crippen molar-refractivity contribution in [2.45, 2.75) is 38.6 Å². The van der Waals surface area contributed by atoms with Gasteiger partial charge in [-0.3, -0.25) is 4.79 Å². The number of piperidine rings is 1. The first-order chi connectivity index (χ1) is 15.7. The zero-order valence-corrected chi connectivity index (χ0v) is 18.6. The SMILES string of the molecule is CC1CCCCN1CCCNC(=O)c1ccc(Nc2ccnc(-c3ccccc3)n2)cc1. The van der Waals surface area contributed by atoms with Gasteiger partial charge < -0.3 is 15.5 Å². The van der Waals surface area contributed by atoms with Crippen LogP contribution in [0.5, 0.6) is 0 Å². The van der Waals surface area contributed by atoms with Gasteiger partial charge in [0, 0.05) is 42.1 Å². The van der Waals surface area contributed by atoms with E-state index in [1.54, 1.807) is 6.20 Å². The number of likely N-dealkylation sites (tertiary alicyclic amines) is 1. The van der Waals surface area contributed by atoms with Crippen LogP contribution in [0, 0.1) is 0 Å². The van der Waals surface area contributed by atoms with Crippen LogP contribution in [-0.4, -0.2) is 46.5 Å². The summed E-state index contributed by atoms with van der Waals surface area (Å²) in [7, 11) is 0. The van der Waals surface area contributed by atoms with Gasteiger partial charge in [-0.1, -0.05) is 36.8 Å². The maximum atomic E-state index is 12.5. The molecular formula is C26H31N5O. The predicted molar refractivity (Wildman–Crippen MR) is 129 cm³/mol. The van der Waals surface area contributed by atoms with Crippen molar-refractivity contribution in [1.29, 1.82) is 0 Å². The summed E-state index contributed by atoms with van der Waals surface area (Å²) in [4.78, 5) is 23.9. The third kappa shape index (κ3) is 5.92. The lowest BCUT2D eigenvalue weighted by molar-refractivity contribution is 0.0949. The van der Waals surface area contributed by atoms with Gasteiger partial charge in [-0.2, -0.15) is 0 Å². The molecule has 2 N–H and O–H groups in total. The highest BCUT2D eigenvalue weighted by molar-refractivity contribution is 5.94. The fourth-order valence-electron chi connectivity index (χ4n) is 4.08. The summed E-state index contributed by atoms with van der Waals surface area (Å²) >= 11 is 0. The van der Waals surface area contributed by atoms with Gasteiger partial charge in [0.05, 0.1) is 0 Å². The Morgan fingerprint density at radius 1 is 1.06 bits per heavy atom. The van der Waals surface area contributed by atoms with Crippen molar-refractivity contribution >= 4 is 17.4 Å². The highest BCUT2D eigenvalue weighted by Gasteiger charge is 2.17. The van der Waals surface area contributed by atoms with Crippen LogP contribution in [0.4, 0.5) is 11.5 Å². The molecule has 1 aliphatic rings. The van der Waals surface area contributed by atoms with Crippen LogP contribution in [0.15, 0.2) is 66.9 Å². The molecule has 1 fully saturated rings. The minimum Gasteiger partial charge on any atom is -0.352 e. The van der Waals surface area contributed by atoms with Crippen molar-refractivity contribution in [1.82, 2.24) is 20.2 Å². The van der Waals surface area contributed by atoms with Crippen LogP contribution in [0.1, 0.15) is 43.0 Å². The van der Waals surface area contributed by atoms with Gasteiger partial charge in [0.25, 0.3) is 5.91 Å². The van der Waals surface area contributed by atoms with Gasteiger partial charge in [0.15, 0.2) is 5.82 Å². The average Bonchev–Trinajstić information content (AvgIpc) is 2.84. The highest BCUT2D eigenvalue weighted by Crippen LogP contribution is 2.19. The largest absolute Gasteiger partial charge is 0.352 e. The first-order valence-electron chi connectivity index (χ1n) is 11.5. The average molecular weight is 430 g/mol. The standard InChI is InChI=1S/C26H31N5O/c1-20-8-5-6-18-31(20)19-7-16-28-26(32)22-11-13-23(14-12-22)29-24-15-17-27-25(30-24)21-9-3-2-4-10-21/h2-4,9-15,17,20H,5-8,16,18-19H2,1H3,(H,28,32)(H,27,29,30). The van der Waals surface area contributed by atoms with Gasteiger partial charge in [-0.05, 0) is 63.1 Å². The summed E-state index contributed by atoms with van der Waals surface area (Å²) in [5.41, 5.74) is 2.51. The molecule has 6 heteroatoms. The molecular weight excluding hydrogens is 398 g/mol. The van der Waals surface area contributed by atoms with Gasteiger partial charge in [-0.15, -0.1) is 0 Å². The van der Waals surface area contributed by atoms with Crippen molar-refractivity contribution in [2.75, 3.05) is 25.0 Å². The lowest BCUT2D eigenvalue weighted by Crippen LogP contribution is -2.39. The lowest BCUT2D eigenvalue weighted by Gasteiger charge is -2.33. The summed E-state index contributed by atoms with van der Waals surface area (Å²) < 4.78 is 0. The van der Waals surface area contributed by atoms with Gasteiger partial charge in [0.2, 0.25) is 0 Å². The zero-order chi connectivity index (χ0) is 22.2. The molecule has 1 saturated heterocycles. The number of aromatic nitrogens is 2. The number of carbonyl (C=O) groups is 1. The summed E-state index contributed by atoms with van der Waals surface area (Å²) in [5.74, 6) is 1.35. The molecule has 1 atom stereocenters. The highest BCUT2D eigenvalue weighted by atomic mass is 16.1. The van der Waals surface area contributed by atoms with Crippen molar-refractivity contribution in [3.05, 3.63) is 72.4 Å². The Hall–Kier alpha value is -3.25. The van der Waals surface area contributed by atoms with E-state index in [1.807, 2.05) is 60.7 Å². The van der Waals surface area contributed by atoms with E-state index in [0.29, 0.717) is 29.8 Å². The first-order valence-corrected chi connectivity index (χ1v) is 11.5. The molecule has 1 amide bonds. The van der Waals surface area contributed by atoms with E-state index >= 15 is 0 Å². The summed E-state index contributed by atoms with van der Waals surface area (Å²) in [6.07, 6.45) is 6.64. The number of benzene rings is 2. The fourth-order valence-corrected chi connectivity index (χ4v) is 4.08. The van der Waals surface area contributed by atoms with Crippen molar-refractivity contribution < 1.29 is 4.79 Å². The molecule has 2 heterocycles. The van der Waals surface area contributed by atoms with Crippen LogP contribution in [0.25, 0.3) is 11.4 Å². The number of carbonyl (C=O) groups excluding carboxylic acids is 1. The van der Waals surface area contributed by atoms with Crippen molar-refractivity contribution in [3.63, 3.8) is 0 Å². The van der Waals surface area contributed by atoms with Crippen LogP contribution in [0.3, 0.4) is 0 Å². The second kappa shape index (κ2) is 10.9. The summed E-state index contributed by atoms with van der Waals surface area (Å²) in [6.45, 7) is 5.24. The Balaban J connectivity index is 1.27. The molecule has 1 aliphatic heterocycles. The second-order valence-corrected chi connectivity index (χ2v) is 8.32. The maximum Gasteiger partial charge on any atom is 0.251 e. The second-order valence-electron chi connectivity index (χ2n) is 8.32. The molecule has 0 aliphatic carbocycles. The molecule has 166 valence electrons. The molecule has 0 saturated carbocycles.